The SMILES string of the molecule is CCN1C(=O)C(C2=C(C=CC3=[N+](C)c4ccc(C(=O)c5ccccc5)cc4C3(C)C)CCCC2=CC=C2N(C)c3ccc(C(=O)c4ccccc4)cc3C2(C)C)C([O-])N(CC)[C@@H]1S. The van der Waals surface area contributed by atoms with Crippen LogP contribution in [0.1, 0.15) is 104 Å². The van der Waals surface area contributed by atoms with Crippen molar-refractivity contribution >= 4 is 47.2 Å². The van der Waals surface area contributed by atoms with E-state index in [4.69, 9.17) is 12.6 Å². The van der Waals surface area contributed by atoms with Crippen molar-refractivity contribution in [3.63, 3.8) is 0 Å². The van der Waals surface area contributed by atoms with Crippen LogP contribution in [0.15, 0.2) is 144 Å². The maximum atomic E-state index is 14.7. The number of amides is 1. The van der Waals surface area contributed by atoms with Crippen LogP contribution in [0.25, 0.3) is 0 Å². The Morgan fingerprint density at radius 3 is 1.98 bits per heavy atom. The Morgan fingerprint density at radius 1 is 0.778 bits per heavy atom. The summed E-state index contributed by atoms with van der Waals surface area (Å²) in [6.07, 6.45) is 9.54. The van der Waals surface area contributed by atoms with Crippen LogP contribution in [0.5, 0.6) is 0 Å². The highest BCUT2D eigenvalue weighted by atomic mass is 32.1. The van der Waals surface area contributed by atoms with Gasteiger partial charge in [0, 0.05) is 70.4 Å². The molecule has 3 aliphatic heterocycles. The number of hydrogen-bond acceptors (Lipinski definition) is 7. The first-order valence-electron chi connectivity index (χ1n) is 22.2. The molecule has 1 saturated heterocycles. The highest BCUT2D eigenvalue weighted by Crippen LogP contribution is 2.48. The van der Waals surface area contributed by atoms with E-state index in [0.29, 0.717) is 48.2 Å². The molecule has 4 aliphatic rings. The first-order valence-corrected chi connectivity index (χ1v) is 22.7. The van der Waals surface area contributed by atoms with E-state index in [1.54, 1.807) is 9.80 Å². The average Bonchev–Trinajstić information content (AvgIpc) is 3.60. The molecule has 1 aliphatic carbocycles. The summed E-state index contributed by atoms with van der Waals surface area (Å²) in [5.41, 5.74) is 10.2. The van der Waals surface area contributed by atoms with Gasteiger partial charge in [0.05, 0.1) is 11.3 Å². The molecule has 0 saturated carbocycles. The van der Waals surface area contributed by atoms with E-state index in [0.717, 1.165) is 57.1 Å². The third-order valence-electron chi connectivity index (χ3n) is 13.9. The summed E-state index contributed by atoms with van der Waals surface area (Å²) in [5.74, 6) is -1.15. The third-order valence-corrected chi connectivity index (χ3v) is 14.5. The fourth-order valence-electron chi connectivity index (χ4n) is 10.4. The second kappa shape index (κ2) is 17.2. The fourth-order valence-corrected chi connectivity index (χ4v) is 10.9. The van der Waals surface area contributed by atoms with E-state index >= 15 is 0 Å². The molecule has 3 heterocycles. The first kappa shape index (κ1) is 44.0. The molecule has 4 aromatic rings. The Kier molecular flexibility index (Phi) is 12.0. The predicted octanol–water partition coefficient (Wildman–Crippen LogP) is 9.13. The molecular formula is C54H58N4O4S. The van der Waals surface area contributed by atoms with Gasteiger partial charge in [0.1, 0.15) is 12.5 Å². The highest BCUT2D eigenvalue weighted by molar-refractivity contribution is 7.80. The number of likely N-dealkylation sites (N-methyl/N-ethyl adjacent to an activating group) is 1. The summed E-state index contributed by atoms with van der Waals surface area (Å²) in [6, 6.07) is 30.7. The number of nitrogens with zero attached hydrogens (tertiary/aromatic N) is 4. The molecule has 1 fully saturated rings. The Hall–Kier alpha value is -5.61. The summed E-state index contributed by atoms with van der Waals surface area (Å²) >= 11 is 4.79. The molecule has 0 radical (unpaired) electrons. The topological polar surface area (TPSA) is 87.0 Å². The van der Waals surface area contributed by atoms with Crippen LogP contribution in [0.4, 0.5) is 11.4 Å². The van der Waals surface area contributed by atoms with Gasteiger partial charge in [-0.2, -0.15) is 4.58 Å². The minimum absolute atomic E-state index is 0.0128. The molecule has 63 heavy (non-hydrogen) atoms. The number of fused-ring (bicyclic) bond motifs is 2. The lowest BCUT2D eigenvalue weighted by Gasteiger charge is -2.53. The Labute approximate surface area is 378 Å². The summed E-state index contributed by atoms with van der Waals surface area (Å²) in [6.45, 7) is 13.5. The number of hydrogen-bond donors (Lipinski definition) is 1. The molecule has 0 bridgehead atoms. The summed E-state index contributed by atoms with van der Waals surface area (Å²) in [5, 5.41) is 14.7. The second-order valence-corrected chi connectivity index (χ2v) is 18.6. The molecule has 2 unspecified atom stereocenters. The molecule has 1 amide bonds. The Morgan fingerprint density at radius 2 is 1.38 bits per heavy atom. The van der Waals surface area contributed by atoms with Crippen molar-refractivity contribution in [1.29, 1.82) is 0 Å². The normalized spacial score (nSPS) is 23.3. The maximum Gasteiger partial charge on any atom is 0.232 e. The van der Waals surface area contributed by atoms with E-state index in [2.05, 4.69) is 75.6 Å². The second-order valence-electron chi connectivity index (χ2n) is 18.1. The number of benzene rings is 4. The van der Waals surface area contributed by atoms with Crippen LogP contribution in [0.3, 0.4) is 0 Å². The lowest BCUT2D eigenvalue weighted by molar-refractivity contribution is -0.472. The van der Waals surface area contributed by atoms with Gasteiger partial charge in [-0.1, -0.05) is 99.8 Å². The van der Waals surface area contributed by atoms with Crippen LogP contribution < -0.4 is 10.0 Å². The molecule has 0 spiro atoms. The number of carbonyl (C=O) groups is 3. The number of ketones is 2. The maximum absolute atomic E-state index is 14.7. The van der Waals surface area contributed by atoms with Gasteiger partial charge in [-0.3, -0.25) is 19.3 Å². The molecular weight excluding hydrogens is 801 g/mol. The molecule has 9 heteroatoms. The largest absolute Gasteiger partial charge is 0.840 e. The summed E-state index contributed by atoms with van der Waals surface area (Å²) < 4.78 is 2.19. The zero-order valence-electron chi connectivity index (χ0n) is 37.7. The monoisotopic (exact) mass is 858 g/mol. The minimum Gasteiger partial charge on any atom is -0.840 e. The molecule has 0 aromatic heterocycles. The molecule has 4 aromatic carbocycles. The predicted molar refractivity (Wildman–Crippen MR) is 254 cm³/mol. The molecule has 324 valence electrons. The van der Waals surface area contributed by atoms with E-state index in [1.807, 2.05) is 111 Å². The molecule has 0 N–H and O–H groups in total. The lowest BCUT2D eigenvalue weighted by atomic mass is 9.76. The van der Waals surface area contributed by atoms with Crippen molar-refractivity contribution in [3.8, 4) is 0 Å². The molecule has 8 nitrogen and oxygen atoms in total. The van der Waals surface area contributed by atoms with Gasteiger partial charge in [0.25, 0.3) is 0 Å². The zero-order valence-corrected chi connectivity index (χ0v) is 38.6. The van der Waals surface area contributed by atoms with Crippen molar-refractivity contribution in [2.75, 3.05) is 32.1 Å². The Balaban J connectivity index is 1.20. The van der Waals surface area contributed by atoms with Crippen LogP contribution in [0.2, 0.25) is 0 Å². The van der Waals surface area contributed by atoms with Crippen molar-refractivity contribution in [2.45, 2.75) is 83.4 Å². The molecule has 3 atom stereocenters. The van der Waals surface area contributed by atoms with E-state index in [-0.39, 0.29) is 17.5 Å². The number of allylic oxidation sites excluding steroid dienone is 7. The lowest BCUT2D eigenvalue weighted by Crippen LogP contribution is -2.67. The van der Waals surface area contributed by atoms with E-state index in [9.17, 15) is 19.5 Å². The summed E-state index contributed by atoms with van der Waals surface area (Å²) in [4.78, 5) is 47.4. The van der Waals surface area contributed by atoms with Crippen molar-refractivity contribution in [1.82, 2.24) is 9.80 Å². The van der Waals surface area contributed by atoms with E-state index < -0.39 is 28.5 Å². The number of carbonyl (C=O) groups excluding carboxylic acids is 3. The van der Waals surface area contributed by atoms with Gasteiger partial charge >= 0.3 is 0 Å². The third kappa shape index (κ3) is 7.58. The average molecular weight is 859 g/mol. The standard InChI is InChI=1S/C54H58N4O4S/c1-9-57-50(61)47(51(62)58(10-2)52(57)63)46-34(26-30-44-53(3,4)40-32-38(24-28-42(40)55(44)7)48(59)36-18-13-11-14-19-36)22-17-23-35(46)27-31-45-54(5,6)41-33-39(25-29-43(41)56(45)8)49(60)37-20-15-12-16-21-37/h11-16,18-21,24-33,47,50,52,63H,9-10,17,22-23H2,1-8H3/t47?,50?,52-/m0/s1. The van der Waals surface area contributed by atoms with Gasteiger partial charge in [-0.25, -0.2) is 0 Å². The smallest absolute Gasteiger partial charge is 0.232 e. The number of thiol groups is 1. The van der Waals surface area contributed by atoms with Gasteiger partial charge in [0.15, 0.2) is 17.3 Å². The van der Waals surface area contributed by atoms with Crippen LogP contribution in [-0.4, -0.2) is 76.5 Å². The first-order chi connectivity index (χ1) is 30.1. The Bertz CT molecular complexity index is 2660. The fraction of sp³-hybridized carbons (Fsp3) is 0.333. The van der Waals surface area contributed by atoms with Gasteiger partial charge in [-0.05, 0) is 105 Å². The quantitative estimate of drug-likeness (QED) is 0.0974. The summed E-state index contributed by atoms with van der Waals surface area (Å²) in [7, 11) is 4.11. The van der Waals surface area contributed by atoms with E-state index in [1.165, 1.54) is 0 Å². The van der Waals surface area contributed by atoms with Crippen LogP contribution in [-0.2, 0) is 15.6 Å². The highest BCUT2D eigenvalue weighted by Gasteiger charge is 2.46. The zero-order chi connectivity index (χ0) is 45.0. The van der Waals surface area contributed by atoms with Gasteiger partial charge in [-0.15, -0.1) is 12.6 Å². The van der Waals surface area contributed by atoms with Crippen molar-refractivity contribution in [2.24, 2.45) is 5.92 Å². The van der Waals surface area contributed by atoms with Gasteiger partial charge in [0.2, 0.25) is 11.6 Å². The van der Waals surface area contributed by atoms with Gasteiger partial charge < -0.3 is 14.9 Å². The number of rotatable bonds is 10. The molecule has 8 rings (SSSR count). The minimum atomic E-state index is -1.32. The van der Waals surface area contributed by atoms with Crippen LogP contribution >= 0.6 is 12.6 Å². The van der Waals surface area contributed by atoms with Crippen molar-refractivity contribution in [3.05, 3.63) is 177 Å². The number of anilines is 1. The van der Waals surface area contributed by atoms with Crippen LogP contribution in [0, 0.1) is 5.92 Å². The van der Waals surface area contributed by atoms with Crippen molar-refractivity contribution < 1.29 is 24.1 Å².